The Kier molecular flexibility index (Phi) is 4.47. The lowest BCUT2D eigenvalue weighted by molar-refractivity contribution is 0.155. The van der Waals surface area contributed by atoms with Gasteiger partial charge in [0, 0.05) is 10.0 Å². The molecule has 1 aromatic carbocycles. The predicted molar refractivity (Wildman–Crippen MR) is 74.2 cm³/mol. The Morgan fingerprint density at radius 2 is 2.06 bits per heavy atom. The highest BCUT2D eigenvalue weighted by Crippen LogP contribution is 2.27. The van der Waals surface area contributed by atoms with Gasteiger partial charge in [-0.2, -0.15) is 0 Å². The van der Waals surface area contributed by atoms with Crippen LogP contribution in [0.25, 0.3) is 0 Å². The Labute approximate surface area is 115 Å². The van der Waals surface area contributed by atoms with Crippen molar-refractivity contribution in [2.24, 2.45) is 10.9 Å². The maximum absolute atomic E-state index is 8.65. The predicted octanol–water partition coefficient (Wildman–Crippen LogP) is 3.26. The van der Waals surface area contributed by atoms with Crippen molar-refractivity contribution in [2.75, 3.05) is 0 Å². The van der Waals surface area contributed by atoms with Crippen LogP contribution in [0.4, 0.5) is 0 Å². The van der Waals surface area contributed by atoms with Crippen LogP contribution in [0, 0.1) is 0 Å². The number of halogens is 1. The average Bonchev–Trinajstić information content (AvgIpc) is 2.39. The number of oxime groups is 1. The molecule has 3 N–H and O–H groups in total. The number of hydrogen-bond donors (Lipinski definition) is 2. The van der Waals surface area contributed by atoms with Gasteiger partial charge < -0.3 is 15.7 Å². The highest BCUT2D eigenvalue weighted by Gasteiger charge is 2.15. The molecular weight excluding hydrogens is 296 g/mol. The first kappa shape index (κ1) is 13.2. The second-order valence-electron chi connectivity index (χ2n) is 4.50. The molecule has 0 spiro atoms. The number of benzene rings is 1. The van der Waals surface area contributed by atoms with Gasteiger partial charge in [-0.05, 0) is 59.8 Å². The highest BCUT2D eigenvalue weighted by molar-refractivity contribution is 9.10. The summed E-state index contributed by atoms with van der Waals surface area (Å²) in [6, 6.07) is 5.51. The number of amidine groups is 1. The van der Waals surface area contributed by atoms with Gasteiger partial charge in [0.15, 0.2) is 5.84 Å². The number of hydrogen-bond acceptors (Lipinski definition) is 3. The van der Waals surface area contributed by atoms with Crippen LogP contribution in [0.1, 0.15) is 37.7 Å². The third-order valence-corrected chi connectivity index (χ3v) is 3.84. The molecule has 0 aliphatic heterocycles. The summed E-state index contributed by atoms with van der Waals surface area (Å²) >= 11 is 3.40. The summed E-state index contributed by atoms with van der Waals surface area (Å²) in [5, 5.41) is 11.6. The largest absolute Gasteiger partial charge is 0.490 e. The van der Waals surface area contributed by atoms with E-state index < -0.39 is 0 Å². The standard InChI is InChI=1S/C13H17BrN2O2/c14-12-8-10(6-7-11(12)13(15)16-17)18-9-4-2-1-3-5-9/h6-9,17H,1-5H2,(H2,15,16). The minimum atomic E-state index is 0.0890. The summed E-state index contributed by atoms with van der Waals surface area (Å²) in [6.07, 6.45) is 6.37. The summed E-state index contributed by atoms with van der Waals surface area (Å²) < 4.78 is 6.70. The molecule has 1 aliphatic rings. The van der Waals surface area contributed by atoms with Crippen LogP contribution in [-0.4, -0.2) is 17.1 Å². The fraction of sp³-hybridized carbons (Fsp3) is 0.462. The van der Waals surface area contributed by atoms with Gasteiger partial charge in [0.2, 0.25) is 0 Å². The van der Waals surface area contributed by atoms with Crippen molar-refractivity contribution in [1.82, 2.24) is 0 Å². The third-order valence-electron chi connectivity index (χ3n) is 3.18. The number of ether oxygens (including phenoxy) is 1. The van der Waals surface area contributed by atoms with E-state index in [1.54, 1.807) is 6.07 Å². The molecule has 0 heterocycles. The van der Waals surface area contributed by atoms with Crippen LogP contribution in [0.2, 0.25) is 0 Å². The zero-order valence-corrected chi connectivity index (χ0v) is 11.7. The summed E-state index contributed by atoms with van der Waals surface area (Å²) in [7, 11) is 0. The van der Waals surface area contributed by atoms with Crippen molar-refractivity contribution in [2.45, 2.75) is 38.2 Å². The monoisotopic (exact) mass is 312 g/mol. The van der Waals surface area contributed by atoms with E-state index in [9.17, 15) is 0 Å². The number of nitrogens with two attached hydrogens (primary N) is 1. The Hall–Kier alpha value is -1.23. The molecule has 5 heteroatoms. The van der Waals surface area contributed by atoms with E-state index in [1.165, 1.54) is 19.3 Å². The summed E-state index contributed by atoms with van der Waals surface area (Å²) in [6.45, 7) is 0. The lowest BCUT2D eigenvalue weighted by Gasteiger charge is -2.23. The molecule has 2 rings (SSSR count). The van der Waals surface area contributed by atoms with Crippen LogP contribution in [0.15, 0.2) is 27.8 Å². The molecule has 0 unspecified atom stereocenters. The molecule has 1 saturated carbocycles. The van der Waals surface area contributed by atoms with E-state index in [-0.39, 0.29) is 5.84 Å². The third kappa shape index (κ3) is 3.16. The van der Waals surface area contributed by atoms with Crippen LogP contribution in [-0.2, 0) is 0 Å². The molecule has 1 fully saturated rings. The maximum Gasteiger partial charge on any atom is 0.171 e. The van der Waals surface area contributed by atoms with Gasteiger partial charge in [0.05, 0.1) is 6.10 Å². The average molecular weight is 313 g/mol. The zero-order valence-electron chi connectivity index (χ0n) is 10.1. The highest BCUT2D eigenvalue weighted by atomic mass is 79.9. The van der Waals surface area contributed by atoms with E-state index in [2.05, 4.69) is 21.1 Å². The number of nitrogens with zero attached hydrogens (tertiary/aromatic N) is 1. The molecule has 0 radical (unpaired) electrons. The van der Waals surface area contributed by atoms with Gasteiger partial charge in [0.1, 0.15) is 5.75 Å². The van der Waals surface area contributed by atoms with Crippen molar-refractivity contribution in [1.29, 1.82) is 0 Å². The summed E-state index contributed by atoms with van der Waals surface area (Å²) in [5.41, 5.74) is 6.22. The molecule has 18 heavy (non-hydrogen) atoms. The van der Waals surface area contributed by atoms with E-state index in [4.69, 9.17) is 15.7 Å². The second kappa shape index (κ2) is 6.09. The van der Waals surface area contributed by atoms with E-state index in [1.807, 2.05) is 12.1 Å². The zero-order chi connectivity index (χ0) is 13.0. The summed E-state index contributed by atoms with van der Waals surface area (Å²) in [4.78, 5) is 0. The van der Waals surface area contributed by atoms with Crippen LogP contribution in [0.5, 0.6) is 5.75 Å². The van der Waals surface area contributed by atoms with Crippen LogP contribution in [0.3, 0.4) is 0 Å². The van der Waals surface area contributed by atoms with Crippen molar-refractivity contribution in [3.8, 4) is 5.75 Å². The van der Waals surface area contributed by atoms with Crippen LogP contribution >= 0.6 is 15.9 Å². The molecule has 0 atom stereocenters. The van der Waals surface area contributed by atoms with Gasteiger partial charge in [-0.3, -0.25) is 0 Å². The minimum absolute atomic E-state index is 0.0890. The Morgan fingerprint density at radius 3 is 2.67 bits per heavy atom. The quantitative estimate of drug-likeness (QED) is 0.389. The van der Waals surface area contributed by atoms with E-state index >= 15 is 0 Å². The van der Waals surface area contributed by atoms with Gasteiger partial charge in [0.25, 0.3) is 0 Å². The summed E-state index contributed by atoms with van der Waals surface area (Å²) in [5.74, 6) is 0.911. The van der Waals surface area contributed by atoms with Gasteiger partial charge in [-0.25, -0.2) is 0 Å². The van der Waals surface area contributed by atoms with Crippen molar-refractivity contribution in [3.63, 3.8) is 0 Å². The van der Waals surface area contributed by atoms with Crippen molar-refractivity contribution >= 4 is 21.8 Å². The normalized spacial score (nSPS) is 17.7. The van der Waals surface area contributed by atoms with Gasteiger partial charge in [-0.15, -0.1) is 0 Å². The molecule has 98 valence electrons. The fourth-order valence-electron chi connectivity index (χ4n) is 2.21. The first-order valence-electron chi connectivity index (χ1n) is 6.15. The Morgan fingerprint density at radius 1 is 1.33 bits per heavy atom. The lowest BCUT2D eigenvalue weighted by Crippen LogP contribution is -2.20. The maximum atomic E-state index is 8.65. The van der Waals surface area contributed by atoms with Crippen LogP contribution < -0.4 is 10.5 Å². The molecule has 1 aromatic rings. The molecule has 0 saturated heterocycles. The van der Waals surface area contributed by atoms with Gasteiger partial charge in [-0.1, -0.05) is 11.6 Å². The lowest BCUT2D eigenvalue weighted by atomic mass is 9.98. The first-order valence-corrected chi connectivity index (χ1v) is 6.94. The molecule has 0 bridgehead atoms. The molecule has 4 nitrogen and oxygen atoms in total. The minimum Gasteiger partial charge on any atom is -0.490 e. The fourth-order valence-corrected chi connectivity index (χ4v) is 2.77. The number of rotatable bonds is 3. The smallest absolute Gasteiger partial charge is 0.171 e. The van der Waals surface area contributed by atoms with E-state index in [0.29, 0.717) is 11.7 Å². The molecule has 0 amide bonds. The van der Waals surface area contributed by atoms with Crippen molar-refractivity contribution < 1.29 is 9.94 Å². The SMILES string of the molecule is N/C(=N/O)c1ccc(OC2CCCCC2)cc1Br. The first-order chi connectivity index (χ1) is 8.70. The van der Waals surface area contributed by atoms with E-state index in [0.717, 1.165) is 23.1 Å². The Bertz CT molecular complexity index is 443. The molecular formula is C13H17BrN2O2. The van der Waals surface area contributed by atoms with Gasteiger partial charge >= 0.3 is 0 Å². The molecule has 0 aromatic heterocycles. The second-order valence-corrected chi connectivity index (χ2v) is 5.36. The van der Waals surface area contributed by atoms with Crippen molar-refractivity contribution in [3.05, 3.63) is 28.2 Å². The topological polar surface area (TPSA) is 67.8 Å². The molecule has 1 aliphatic carbocycles. The Balaban J connectivity index is 2.08.